The summed E-state index contributed by atoms with van der Waals surface area (Å²) in [6.07, 6.45) is 5.29. The Hall–Kier alpha value is -2.26. The fraction of sp³-hybridized carbons (Fsp3) is 0.286. The Balaban J connectivity index is 1.66. The Morgan fingerprint density at radius 1 is 1.12 bits per heavy atom. The maximum Gasteiger partial charge on any atom is 0.132 e. The molecule has 1 aliphatic carbocycles. The molecule has 2 aromatic carbocycles. The molecule has 1 atom stereocenters. The topological polar surface area (TPSA) is 16.1 Å². The Kier molecular flexibility index (Phi) is 4.03. The van der Waals surface area contributed by atoms with Gasteiger partial charge in [-0.2, -0.15) is 0 Å². The number of nitrogens with zero attached hydrogens (tertiary/aromatic N) is 2. The zero-order chi connectivity index (χ0) is 16.5. The summed E-state index contributed by atoms with van der Waals surface area (Å²) >= 11 is 0. The van der Waals surface area contributed by atoms with E-state index in [2.05, 4.69) is 41.2 Å². The average molecular weight is 320 g/mol. The minimum absolute atomic E-state index is 0.201. The molecule has 4 rings (SSSR count). The summed E-state index contributed by atoms with van der Waals surface area (Å²) in [7, 11) is 2.16. The van der Waals surface area contributed by atoms with E-state index >= 15 is 0 Å². The van der Waals surface area contributed by atoms with Crippen molar-refractivity contribution in [1.82, 2.24) is 9.88 Å². The van der Waals surface area contributed by atoms with Crippen LogP contribution in [0.1, 0.15) is 35.6 Å². The molecule has 0 saturated carbocycles. The molecular formula is C21H21FN2. The van der Waals surface area contributed by atoms with Gasteiger partial charge in [-0.05, 0) is 61.2 Å². The zero-order valence-electron chi connectivity index (χ0n) is 13.9. The van der Waals surface area contributed by atoms with Gasteiger partial charge in [0.1, 0.15) is 5.82 Å². The molecule has 0 aliphatic heterocycles. The number of hydrogen-bond acceptors (Lipinski definition) is 2. The van der Waals surface area contributed by atoms with Crippen LogP contribution in [0.15, 0.2) is 54.7 Å². The first kappa shape index (κ1) is 15.3. The molecule has 1 aliphatic rings. The summed E-state index contributed by atoms with van der Waals surface area (Å²) in [6, 6.07) is 16.2. The first-order chi connectivity index (χ1) is 11.7. The van der Waals surface area contributed by atoms with Gasteiger partial charge in [-0.3, -0.25) is 9.88 Å². The lowest BCUT2D eigenvalue weighted by Crippen LogP contribution is -2.27. The van der Waals surface area contributed by atoms with Crippen LogP contribution < -0.4 is 0 Å². The molecular weight excluding hydrogens is 299 g/mol. The summed E-state index contributed by atoms with van der Waals surface area (Å²) in [4.78, 5) is 6.79. The Labute approximate surface area is 141 Å². The number of pyridine rings is 1. The minimum Gasteiger partial charge on any atom is -0.295 e. The number of rotatable bonds is 3. The van der Waals surface area contributed by atoms with Crippen molar-refractivity contribution in [1.29, 1.82) is 0 Å². The van der Waals surface area contributed by atoms with Crippen molar-refractivity contribution in [2.45, 2.75) is 31.8 Å². The van der Waals surface area contributed by atoms with Crippen LogP contribution in [0.3, 0.4) is 0 Å². The normalized spacial score (nSPS) is 17.2. The van der Waals surface area contributed by atoms with E-state index in [-0.39, 0.29) is 5.82 Å². The van der Waals surface area contributed by atoms with Gasteiger partial charge in [0.15, 0.2) is 0 Å². The van der Waals surface area contributed by atoms with Crippen molar-refractivity contribution in [2.75, 3.05) is 7.05 Å². The molecule has 3 heteroatoms. The zero-order valence-corrected chi connectivity index (χ0v) is 13.9. The SMILES string of the molecule is CN(Cc1ccc(F)c2cccnc12)C1CCCc2ccccc21. The summed E-state index contributed by atoms with van der Waals surface area (Å²) < 4.78 is 14.0. The average Bonchev–Trinajstić information content (AvgIpc) is 2.64. The quantitative estimate of drug-likeness (QED) is 0.683. The van der Waals surface area contributed by atoms with Crippen LogP contribution in [0.2, 0.25) is 0 Å². The molecule has 0 radical (unpaired) electrons. The van der Waals surface area contributed by atoms with Gasteiger partial charge < -0.3 is 0 Å². The maximum absolute atomic E-state index is 14.0. The predicted octanol–water partition coefficient (Wildman–Crippen LogP) is 4.88. The molecule has 0 fully saturated rings. The van der Waals surface area contributed by atoms with E-state index in [0.29, 0.717) is 11.4 Å². The largest absolute Gasteiger partial charge is 0.295 e. The lowest BCUT2D eigenvalue weighted by Gasteiger charge is -2.33. The number of benzene rings is 2. The first-order valence-electron chi connectivity index (χ1n) is 8.54. The molecule has 1 aromatic heterocycles. The van der Waals surface area contributed by atoms with Gasteiger partial charge in [-0.25, -0.2) is 4.39 Å². The van der Waals surface area contributed by atoms with E-state index in [4.69, 9.17) is 0 Å². The van der Waals surface area contributed by atoms with E-state index in [0.717, 1.165) is 17.6 Å². The number of aryl methyl sites for hydroxylation is 1. The van der Waals surface area contributed by atoms with Crippen LogP contribution in [0, 0.1) is 5.82 Å². The van der Waals surface area contributed by atoms with Crippen LogP contribution in [0.4, 0.5) is 4.39 Å². The van der Waals surface area contributed by atoms with Gasteiger partial charge in [0, 0.05) is 24.2 Å². The third-order valence-corrected chi connectivity index (χ3v) is 5.09. The standard InChI is InChI=1S/C21H21FN2/c1-24(20-10-4-7-15-6-2-3-8-17(15)20)14-16-11-12-19(22)18-9-5-13-23-21(16)18/h2-3,5-6,8-9,11-13,20H,4,7,10,14H2,1H3. The summed E-state index contributed by atoms with van der Waals surface area (Å²) in [5.74, 6) is -0.201. The van der Waals surface area contributed by atoms with Crippen molar-refractivity contribution >= 4 is 10.9 Å². The lowest BCUT2D eigenvalue weighted by atomic mass is 9.87. The van der Waals surface area contributed by atoms with Crippen molar-refractivity contribution < 1.29 is 4.39 Å². The fourth-order valence-corrected chi connectivity index (χ4v) is 3.89. The molecule has 3 aromatic rings. The minimum atomic E-state index is -0.201. The van der Waals surface area contributed by atoms with E-state index in [1.807, 2.05) is 6.07 Å². The fourth-order valence-electron chi connectivity index (χ4n) is 3.89. The van der Waals surface area contributed by atoms with Gasteiger partial charge in [-0.1, -0.05) is 30.3 Å². The smallest absolute Gasteiger partial charge is 0.132 e. The van der Waals surface area contributed by atoms with Gasteiger partial charge >= 0.3 is 0 Å². The number of aromatic nitrogens is 1. The first-order valence-corrected chi connectivity index (χ1v) is 8.54. The van der Waals surface area contributed by atoms with Gasteiger partial charge in [0.05, 0.1) is 5.52 Å². The van der Waals surface area contributed by atoms with Gasteiger partial charge in [-0.15, -0.1) is 0 Å². The predicted molar refractivity (Wildman–Crippen MR) is 95.3 cm³/mol. The molecule has 1 unspecified atom stereocenters. The Morgan fingerprint density at radius 2 is 2.00 bits per heavy atom. The van der Waals surface area contributed by atoms with E-state index in [9.17, 15) is 4.39 Å². The second kappa shape index (κ2) is 6.33. The second-order valence-corrected chi connectivity index (χ2v) is 6.63. The highest BCUT2D eigenvalue weighted by atomic mass is 19.1. The third kappa shape index (κ3) is 2.69. The molecule has 1 heterocycles. The molecule has 2 nitrogen and oxygen atoms in total. The number of fused-ring (bicyclic) bond motifs is 2. The highest BCUT2D eigenvalue weighted by Gasteiger charge is 2.24. The highest BCUT2D eigenvalue weighted by molar-refractivity contribution is 5.82. The summed E-state index contributed by atoms with van der Waals surface area (Å²) in [5, 5.41) is 0.604. The monoisotopic (exact) mass is 320 g/mol. The van der Waals surface area contributed by atoms with E-state index < -0.39 is 0 Å². The molecule has 0 N–H and O–H groups in total. The van der Waals surface area contributed by atoms with Crippen molar-refractivity contribution in [3.8, 4) is 0 Å². The summed E-state index contributed by atoms with van der Waals surface area (Å²) in [5.41, 5.74) is 4.75. The maximum atomic E-state index is 14.0. The highest BCUT2D eigenvalue weighted by Crippen LogP contribution is 2.34. The van der Waals surface area contributed by atoms with Crippen LogP contribution in [0.25, 0.3) is 10.9 Å². The summed E-state index contributed by atoms with van der Waals surface area (Å²) in [6.45, 7) is 0.771. The van der Waals surface area contributed by atoms with Crippen molar-refractivity contribution in [3.63, 3.8) is 0 Å². The Bertz CT molecular complexity index is 875. The number of hydrogen-bond donors (Lipinski definition) is 0. The Morgan fingerprint density at radius 3 is 2.92 bits per heavy atom. The van der Waals surface area contributed by atoms with Crippen molar-refractivity contribution in [3.05, 3.63) is 77.2 Å². The van der Waals surface area contributed by atoms with Gasteiger partial charge in [0.25, 0.3) is 0 Å². The van der Waals surface area contributed by atoms with Crippen LogP contribution in [0.5, 0.6) is 0 Å². The van der Waals surface area contributed by atoms with Crippen LogP contribution in [-0.2, 0) is 13.0 Å². The molecule has 0 amide bonds. The van der Waals surface area contributed by atoms with Crippen LogP contribution in [-0.4, -0.2) is 16.9 Å². The molecule has 0 saturated heterocycles. The van der Waals surface area contributed by atoms with Gasteiger partial charge in [0.2, 0.25) is 0 Å². The molecule has 0 bridgehead atoms. The molecule has 0 spiro atoms. The lowest BCUT2D eigenvalue weighted by molar-refractivity contribution is 0.214. The molecule has 122 valence electrons. The number of halogens is 1. The van der Waals surface area contributed by atoms with Crippen LogP contribution >= 0.6 is 0 Å². The third-order valence-electron chi connectivity index (χ3n) is 5.09. The van der Waals surface area contributed by atoms with E-state index in [1.54, 1.807) is 24.4 Å². The van der Waals surface area contributed by atoms with E-state index in [1.165, 1.54) is 30.4 Å². The van der Waals surface area contributed by atoms with Crippen molar-refractivity contribution in [2.24, 2.45) is 0 Å². The molecule has 24 heavy (non-hydrogen) atoms. The second-order valence-electron chi connectivity index (χ2n) is 6.63.